The van der Waals surface area contributed by atoms with E-state index >= 15 is 0 Å². The average molecular weight is 266 g/mol. The minimum atomic E-state index is 0.859. The minimum Gasteiger partial charge on any atom is -0.251 e. The van der Waals surface area contributed by atoms with Crippen LogP contribution in [0.3, 0.4) is 0 Å². The summed E-state index contributed by atoms with van der Waals surface area (Å²) in [5, 5.41) is 3.13. The summed E-state index contributed by atoms with van der Waals surface area (Å²) in [6.07, 6.45) is 0.859. The molecule has 3 rings (SSSR count). The van der Waals surface area contributed by atoms with E-state index in [2.05, 4.69) is 46.8 Å². The molecule has 0 fully saturated rings. The first-order valence-electron chi connectivity index (χ1n) is 6.23. The van der Waals surface area contributed by atoms with Crippen molar-refractivity contribution in [3.63, 3.8) is 0 Å². The number of benzene rings is 1. The molecule has 1 aromatic carbocycles. The molecule has 2 aromatic heterocycles. The topological polar surface area (TPSA) is 25.8 Å². The van der Waals surface area contributed by atoms with Crippen LogP contribution in [0.1, 0.15) is 16.3 Å². The van der Waals surface area contributed by atoms with Crippen LogP contribution in [0.4, 0.5) is 0 Å². The molecule has 0 unspecified atom stereocenters. The summed E-state index contributed by atoms with van der Waals surface area (Å²) >= 11 is 1.66. The lowest BCUT2D eigenvalue weighted by molar-refractivity contribution is 1.07. The van der Waals surface area contributed by atoms with Crippen LogP contribution in [-0.4, -0.2) is 9.97 Å². The summed E-state index contributed by atoms with van der Waals surface area (Å²) in [5.41, 5.74) is 4.28. The molecule has 19 heavy (non-hydrogen) atoms. The van der Waals surface area contributed by atoms with Crippen molar-refractivity contribution in [3.8, 4) is 11.4 Å². The van der Waals surface area contributed by atoms with E-state index < -0.39 is 0 Å². The number of pyridine rings is 1. The molecular weight excluding hydrogens is 252 g/mol. The fraction of sp³-hybridized carbons (Fsp3) is 0.125. The molecule has 0 aliphatic rings. The Hall–Kier alpha value is -2.00. The van der Waals surface area contributed by atoms with E-state index in [1.807, 2.05) is 19.1 Å². The van der Waals surface area contributed by atoms with E-state index in [-0.39, 0.29) is 0 Å². The molecule has 0 saturated carbocycles. The lowest BCUT2D eigenvalue weighted by Gasteiger charge is -2.03. The highest BCUT2D eigenvalue weighted by Crippen LogP contribution is 2.20. The molecule has 0 aliphatic heterocycles. The van der Waals surface area contributed by atoms with Gasteiger partial charge >= 0.3 is 0 Å². The fourth-order valence-electron chi connectivity index (χ4n) is 2.01. The van der Waals surface area contributed by atoms with Gasteiger partial charge in [0.1, 0.15) is 0 Å². The molecule has 2 heterocycles. The number of aromatic nitrogens is 2. The van der Waals surface area contributed by atoms with Crippen molar-refractivity contribution in [1.82, 2.24) is 9.97 Å². The summed E-state index contributed by atoms with van der Waals surface area (Å²) in [4.78, 5) is 9.18. The monoisotopic (exact) mass is 266 g/mol. The highest BCUT2D eigenvalue weighted by molar-refractivity contribution is 7.09. The van der Waals surface area contributed by atoms with E-state index in [9.17, 15) is 0 Å². The molecule has 0 radical (unpaired) electrons. The predicted octanol–water partition coefficient (Wildman–Crippen LogP) is 4.10. The van der Waals surface area contributed by atoms with Gasteiger partial charge in [0.05, 0.1) is 16.4 Å². The van der Waals surface area contributed by atoms with Crippen LogP contribution in [-0.2, 0) is 6.42 Å². The Labute approximate surface area is 116 Å². The summed E-state index contributed by atoms with van der Waals surface area (Å²) < 4.78 is 0. The summed E-state index contributed by atoms with van der Waals surface area (Å²) in [6, 6.07) is 16.5. The number of nitrogens with zero attached hydrogens (tertiary/aromatic N) is 2. The molecule has 3 aromatic rings. The van der Waals surface area contributed by atoms with E-state index in [0.717, 1.165) is 28.5 Å². The normalized spacial score (nSPS) is 10.6. The van der Waals surface area contributed by atoms with Gasteiger partial charge < -0.3 is 0 Å². The third-order valence-electron chi connectivity index (χ3n) is 2.92. The van der Waals surface area contributed by atoms with Gasteiger partial charge in [0.2, 0.25) is 0 Å². The van der Waals surface area contributed by atoms with Gasteiger partial charge in [-0.1, -0.05) is 36.4 Å². The molecule has 0 spiro atoms. The second-order valence-corrected chi connectivity index (χ2v) is 5.49. The Morgan fingerprint density at radius 2 is 1.74 bits per heavy atom. The quantitative estimate of drug-likeness (QED) is 0.713. The van der Waals surface area contributed by atoms with Crippen molar-refractivity contribution in [1.29, 1.82) is 0 Å². The number of rotatable bonds is 3. The third kappa shape index (κ3) is 2.88. The summed E-state index contributed by atoms with van der Waals surface area (Å²) in [5.74, 6) is 0. The standard InChI is InChI=1S/C16H14N2S/c1-12-17-16(11-19-12)15-9-5-8-14(18-15)10-13-6-3-2-4-7-13/h2-9,11H,10H2,1H3. The number of aryl methyl sites for hydroxylation is 1. The Bertz CT molecular complexity index is 674. The molecule has 0 saturated heterocycles. The van der Waals surface area contributed by atoms with Crippen molar-refractivity contribution >= 4 is 11.3 Å². The van der Waals surface area contributed by atoms with Crippen molar-refractivity contribution in [2.24, 2.45) is 0 Å². The SMILES string of the molecule is Cc1nc(-c2cccc(Cc3ccccc3)n2)cs1. The van der Waals surface area contributed by atoms with Gasteiger partial charge in [0.15, 0.2) is 0 Å². The largest absolute Gasteiger partial charge is 0.251 e. The van der Waals surface area contributed by atoms with E-state index in [4.69, 9.17) is 4.98 Å². The van der Waals surface area contributed by atoms with Crippen LogP contribution in [0, 0.1) is 6.92 Å². The van der Waals surface area contributed by atoms with E-state index in [1.54, 1.807) is 11.3 Å². The highest BCUT2D eigenvalue weighted by Gasteiger charge is 2.05. The Morgan fingerprint density at radius 3 is 2.47 bits per heavy atom. The number of hydrogen-bond acceptors (Lipinski definition) is 3. The number of hydrogen-bond donors (Lipinski definition) is 0. The highest BCUT2D eigenvalue weighted by atomic mass is 32.1. The zero-order valence-electron chi connectivity index (χ0n) is 10.7. The first kappa shape index (κ1) is 12.1. The van der Waals surface area contributed by atoms with Crippen LogP contribution < -0.4 is 0 Å². The van der Waals surface area contributed by atoms with E-state index in [1.165, 1.54) is 5.56 Å². The Balaban J connectivity index is 1.88. The van der Waals surface area contributed by atoms with Crippen LogP contribution >= 0.6 is 11.3 Å². The van der Waals surface area contributed by atoms with Gasteiger partial charge in [-0.3, -0.25) is 4.98 Å². The lowest BCUT2D eigenvalue weighted by Crippen LogP contribution is -1.94. The summed E-state index contributed by atoms with van der Waals surface area (Å²) in [7, 11) is 0. The maximum atomic E-state index is 4.70. The van der Waals surface area contributed by atoms with Crippen molar-refractivity contribution in [3.05, 3.63) is 70.2 Å². The third-order valence-corrected chi connectivity index (χ3v) is 3.69. The Morgan fingerprint density at radius 1 is 0.895 bits per heavy atom. The van der Waals surface area contributed by atoms with Gasteiger partial charge in [0, 0.05) is 17.5 Å². The van der Waals surface area contributed by atoms with Crippen molar-refractivity contribution in [2.45, 2.75) is 13.3 Å². The maximum absolute atomic E-state index is 4.70. The number of thiazole rings is 1. The zero-order valence-corrected chi connectivity index (χ0v) is 11.5. The molecule has 0 amide bonds. The van der Waals surface area contributed by atoms with Crippen LogP contribution in [0.2, 0.25) is 0 Å². The van der Waals surface area contributed by atoms with E-state index in [0.29, 0.717) is 0 Å². The fourth-order valence-corrected chi connectivity index (χ4v) is 2.61. The van der Waals surface area contributed by atoms with Crippen molar-refractivity contribution < 1.29 is 0 Å². The first-order valence-corrected chi connectivity index (χ1v) is 7.11. The first-order chi connectivity index (χ1) is 9.31. The smallest absolute Gasteiger partial charge is 0.0998 e. The van der Waals surface area contributed by atoms with Gasteiger partial charge in [-0.25, -0.2) is 4.98 Å². The van der Waals surface area contributed by atoms with Gasteiger partial charge in [0.25, 0.3) is 0 Å². The lowest BCUT2D eigenvalue weighted by atomic mass is 10.1. The van der Waals surface area contributed by atoms with Gasteiger partial charge in [-0.15, -0.1) is 11.3 Å². The summed E-state index contributed by atoms with van der Waals surface area (Å²) in [6.45, 7) is 2.02. The molecule has 0 atom stereocenters. The van der Waals surface area contributed by atoms with Crippen LogP contribution in [0.5, 0.6) is 0 Å². The average Bonchev–Trinajstić information content (AvgIpc) is 2.87. The molecule has 3 heteroatoms. The Kier molecular flexibility index (Phi) is 3.38. The van der Waals surface area contributed by atoms with Crippen LogP contribution in [0.15, 0.2) is 53.9 Å². The predicted molar refractivity (Wildman–Crippen MR) is 79.3 cm³/mol. The minimum absolute atomic E-state index is 0.859. The molecule has 0 aliphatic carbocycles. The molecular formula is C16H14N2S. The van der Waals surface area contributed by atoms with Gasteiger partial charge in [-0.2, -0.15) is 0 Å². The molecule has 94 valence electrons. The van der Waals surface area contributed by atoms with Crippen molar-refractivity contribution in [2.75, 3.05) is 0 Å². The maximum Gasteiger partial charge on any atom is 0.0998 e. The molecule has 2 nitrogen and oxygen atoms in total. The molecule has 0 N–H and O–H groups in total. The molecule has 0 bridgehead atoms. The van der Waals surface area contributed by atoms with Gasteiger partial charge in [-0.05, 0) is 24.6 Å². The second-order valence-electron chi connectivity index (χ2n) is 4.43. The van der Waals surface area contributed by atoms with Crippen LogP contribution in [0.25, 0.3) is 11.4 Å². The second kappa shape index (κ2) is 5.33. The zero-order chi connectivity index (χ0) is 13.1.